The third-order valence-electron chi connectivity index (χ3n) is 4.83. The van der Waals surface area contributed by atoms with Crippen LogP contribution in [0.2, 0.25) is 0 Å². The molecule has 7 heteroatoms. The zero-order valence-electron chi connectivity index (χ0n) is 17.4. The van der Waals surface area contributed by atoms with Gasteiger partial charge in [0.05, 0.1) is 22.5 Å². The van der Waals surface area contributed by atoms with E-state index in [0.717, 1.165) is 11.3 Å². The van der Waals surface area contributed by atoms with Crippen molar-refractivity contribution in [1.29, 1.82) is 5.26 Å². The summed E-state index contributed by atoms with van der Waals surface area (Å²) >= 11 is 0. The fourth-order valence-corrected chi connectivity index (χ4v) is 3.52. The van der Waals surface area contributed by atoms with Crippen molar-refractivity contribution in [3.05, 3.63) is 64.1 Å². The van der Waals surface area contributed by atoms with E-state index in [2.05, 4.69) is 30.1 Å². The summed E-state index contributed by atoms with van der Waals surface area (Å²) in [7, 11) is 0. The molecule has 156 valence electrons. The Kier molecular flexibility index (Phi) is 6.91. The second-order valence-corrected chi connectivity index (χ2v) is 7.67. The number of rotatable bonds is 8. The summed E-state index contributed by atoms with van der Waals surface area (Å²) in [5.41, 5.74) is 4.20. The quantitative estimate of drug-likeness (QED) is 0.606. The van der Waals surface area contributed by atoms with Crippen molar-refractivity contribution in [3.63, 3.8) is 0 Å². The summed E-state index contributed by atoms with van der Waals surface area (Å²) in [6.45, 7) is 5.73. The number of benzene rings is 1. The van der Waals surface area contributed by atoms with Crippen LogP contribution >= 0.6 is 0 Å². The zero-order chi connectivity index (χ0) is 21.7. The van der Waals surface area contributed by atoms with E-state index in [-0.39, 0.29) is 18.8 Å². The Bertz CT molecular complexity index is 1050. The second-order valence-electron chi connectivity index (χ2n) is 7.67. The minimum atomic E-state index is -0.276. The van der Waals surface area contributed by atoms with Crippen LogP contribution in [-0.4, -0.2) is 26.9 Å². The summed E-state index contributed by atoms with van der Waals surface area (Å²) in [6.07, 6.45) is 2.13. The van der Waals surface area contributed by atoms with Gasteiger partial charge in [-0.1, -0.05) is 26.0 Å². The van der Waals surface area contributed by atoms with E-state index in [9.17, 15) is 14.8 Å². The second kappa shape index (κ2) is 9.59. The van der Waals surface area contributed by atoms with E-state index in [1.54, 1.807) is 19.1 Å². The van der Waals surface area contributed by atoms with Gasteiger partial charge in [0.15, 0.2) is 0 Å². The molecule has 0 spiro atoms. The zero-order valence-corrected chi connectivity index (χ0v) is 17.4. The van der Waals surface area contributed by atoms with E-state index in [1.165, 1.54) is 12.1 Å². The molecule has 0 bridgehead atoms. The van der Waals surface area contributed by atoms with E-state index >= 15 is 0 Å². The maximum Gasteiger partial charge on any atom is 0.249 e. The highest BCUT2D eigenvalue weighted by molar-refractivity contribution is 5.67. The van der Waals surface area contributed by atoms with Gasteiger partial charge in [-0.25, -0.2) is 4.39 Å². The van der Waals surface area contributed by atoms with Crippen LogP contribution in [0.25, 0.3) is 11.5 Å². The molecular weight excluding hydrogens is 383 g/mol. The number of aliphatic hydroxyl groups is 1. The average Bonchev–Trinajstić information content (AvgIpc) is 3.13. The first-order valence-corrected chi connectivity index (χ1v) is 10.0. The maximum absolute atomic E-state index is 13.2. The van der Waals surface area contributed by atoms with E-state index < -0.39 is 0 Å². The molecule has 2 aromatic heterocycles. The van der Waals surface area contributed by atoms with Crippen LogP contribution in [0.15, 0.2) is 28.7 Å². The number of aromatic nitrogens is 3. The van der Waals surface area contributed by atoms with Gasteiger partial charge in [-0.15, -0.1) is 10.2 Å². The Morgan fingerprint density at radius 1 is 1.10 bits per heavy atom. The van der Waals surface area contributed by atoms with Gasteiger partial charge in [-0.05, 0) is 54.9 Å². The van der Waals surface area contributed by atoms with Gasteiger partial charge in [-0.3, -0.25) is 4.98 Å². The normalized spacial score (nSPS) is 11.1. The van der Waals surface area contributed by atoms with Gasteiger partial charge in [-0.2, -0.15) is 5.26 Å². The summed E-state index contributed by atoms with van der Waals surface area (Å²) < 4.78 is 18.9. The minimum absolute atomic E-state index is 0.114. The number of nitriles is 1. The first-order chi connectivity index (χ1) is 14.4. The highest BCUT2D eigenvalue weighted by Crippen LogP contribution is 2.32. The summed E-state index contributed by atoms with van der Waals surface area (Å²) in [5, 5.41) is 27.6. The van der Waals surface area contributed by atoms with Gasteiger partial charge in [0.1, 0.15) is 11.9 Å². The molecule has 1 aromatic carbocycles. The molecular formula is C23H25FN4O2. The number of aryl methyl sites for hydroxylation is 3. The van der Waals surface area contributed by atoms with Crippen molar-refractivity contribution >= 4 is 0 Å². The number of pyridine rings is 1. The fraction of sp³-hybridized carbons (Fsp3) is 0.391. The van der Waals surface area contributed by atoms with Crippen LogP contribution in [0.3, 0.4) is 0 Å². The molecule has 30 heavy (non-hydrogen) atoms. The Morgan fingerprint density at radius 2 is 1.83 bits per heavy atom. The molecule has 6 nitrogen and oxygen atoms in total. The van der Waals surface area contributed by atoms with Crippen LogP contribution < -0.4 is 0 Å². The number of halogens is 1. The molecule has 0 atom stereocenters. The SMILES string of the molecule is Cc1nnc(-c2c(CCc3ccc(F)cc3)nc(CC(C)C)c(C#N)c2CCO)o1. The number of hydrogen-bond donors (Lipinski definition) is 1. The summed E-state index contributed by atoms with van der Waals surface area (Å²) in [5.74, 6) is 0.745. The molecule has 0 unspecified atom stereocenters. The lowest BCUT2D eigenvalue weighted by molar-refractivity contribution is 0.299. The monoisotopic (exact) mass is 408 g/mol. The average molecular weight is 408 g/mol. The first-order valence-electron chi connectivity index (χ1n) is 10.0. The van der Waals surface area contributed by atoms with Crippen LogP contribution in [0.4, 0.5) is 4.39 Å². The van der Waals surface area contributed by atoms with Gasteiger partial charge in [0.25, 0.3) is 0 Å². The number of hydrogen-bond acceptors (Lipinski definition) is 6. The Morgan fingerprint density at radius 3 is 2.40 bits per heavy atom. The lowest BCUT2D eigenvalue weighted by atomic mass is 9.91. The number of nitrogens with zero attached hydrogens (tertiary/aromatic N) is 4. The molecule has 3 rings (SSSR count). The van der Waals surface area contributed by atoms with Crippen molar-refractivity contribution in [1.82, 2.24) is 15.2 Å². The molecule has 0 fully saturated rings. The predicted molar refractivity (Wildman–Crippen MR) is 110 cm³/mol. The van der Waals surface area contributed by atoms with Crippen molar-refractivity contribution < 1.29 is 13.9 Å². The molecule has 0 aliphatic rings. The van der Waals surface area contributed by atoms with Gasteiger partial charge in [0, 0.05) is 13.5 Å². The Balaban J connectivity index is 2.14. The van der Waals surface area contributed by atoms with Crippen LogP contribution in [-0.2, 0) is 25.7 Å². The van der Waals surface area contributed by atoms with Crippen molar-refractivity contribution in [2.24, 2.45) is 5.92 Å². The van der Waals surface area contributed by atoms with Gasteiger partial charge in [0.2, 0.25) is 11.8 Å². The topological polar surface area (TPSA) is 95.8 Å². The largest absolute Gasteiger partial charge is 0.421 e. The van der Waals surface area contributed by atoms with Crippen molar-refractivity contribution in [2.45, 2.75) is 46.5 Å². The lowest BCUT2D eigenvalue weighted by Gasteiger charge is -2.17. The highest BCUT2D eigenvalue weighted by Gasteiger charge is 2.24. The molecule has 0 amide bonds. The highest BCUT2D eigenvalue weighted by atomic mass is 19.1. The van der Waals surface area contributed by atoms with Crippen molar-refractivity contribution in [2.75, 3.05) is 6.61 Å². The van der Waals surface area contributed by atoms with Gasteiger partial charge < -0.3 is 9.52 Å². The first kappa shape index (κ1) is 21.6. The standard InChI is InChI=1S/C23H25FN4O2/c1-14(2)12-21-19(13-25)18(10-11-29)22(23-28-27-15(3)30-23)20(26-21)9-6-16-4-7-17(24)8-5-16/h4-5,7-8,14,29H,6,9-12H2,1-3H3. The van der Waals surface area contributed by atoms with E-state index in [4.69, 9.17) is 9.40 Å². The van der Waals surface area contributed by atoms with Crippen LogP contribution in [0, 0.1) is 30.0 Å². The third kappa shape index (κ3) is 4.89. The van der Waals surface area contributed by atoms with E-state index in [0.29, 0.717) is 59.3 Å². The third-order valence-corrected chi connectivity index (χ3v) is 4.83. The van der Waals surface area contributed by atoms with Gasteiger partial charge >= 0.3 is 0 Å². The minimum Gasteiger partial charge on any atom is -0.421 e. The molecule has 0 radical (unpaired) electrons. The predicted octanol–water partition coefficient (Wildman–Crippen LogP) is 3.97. The molecule has 3 aromatic rings. The van der Waals surface area contributed by atoms with Crippen molar-refractivity contribution in [3.8, 4) is 17.5 Å². The van der Waals surface area contributed by atoms with E-state index in [1.807, 2.05) is 0 Å². The summed E-state index contributed by atoms with van der Waals surface area (Å²) in [6, 6.07) is 8.64. The molecule has 0 saturated heterocycles. The number of aliphatic hydroxyl groups excluding tert-OH is 1. The fourth-order valence-electron chi connectivity index (χ4n) is 3.52. The molecule has 2 heterocycles. The Labute approximate surface area is 175 Å². The Hall–Kier alpha value is -3.11. The molecule has 0 saturated carbocycles. The molecule has 0 aliphatic carbocycles. The smallest absolute Gasteiger partial charge is 0.249 e. The maximum atomic E-state index is 13.2. The van der Waals surface area contributed by atoms with Crippen LogP contribution in [0.1, 0.15) is 47.8 Å². The summed E-state index contributed by atoms with van der Waals surface area (Å²) in [4.78, 5) is 4.84. The molecule has 0 aliphatic heterocycles. The van der Waals surface area contributed by atoms with Crippen LogP contribution in [0.5, 0.6) is 0 Å². The lowest BCUT2D eigenvalue weighted by Crippen LogP contribution is -2.12. The molecule has 1 N–H and O–H groups in total.